The molecule has 0 radical (unpaired) electrons. The number of rotatable bonds is 7. The molecule has 0 spiro atoms. The van der Waals surface area contributed by atoms with E-state index in [2.05, 4.69) is 17.4 Å². The number of likely N-dealkylation sites (N-methyl/N-ethyl adjacent to an activating group) is 1. The molecule has 26 heavy (non-hydrogen) atoms. The zero-order valence-electron chi connectivity index (χ0n) is 14.6. The number of carbonyl (C=O) groups is 1. The predicted octanol–water partition coefficient (Wildman–Crippen LogP) is 2.81. The first-order valence-electron chi connectivity index (χ1n) is 8.55. The predicted molar refractivity (Wildman–Crippen MR) is 103 cm³/mol. The first-order chi connectivity index (χ1) is 12.6. The molecule has 3 nitrogen and oxygen atoms in total. The van der Waals surface area contributed by atoms with Gasteiger partial charge >= 0.3 is 0 Å². The monoisotopic (exact) mass is 369 g/mol. The van der Waals surface area contributed by atoms with Crippen LogP contribution in [0.4, 0.5) is 4.39 Å². The number of hydrogen-bond acceptors (Lipinski definition) is 2. The van der Waals surface area contributed by atoms with E-state index in [0.717, 1.165) is 21.9 Å². The molecule has 3 rings (SSSR count). The first-order valence-corrected chi connectivity index (χ1v) is 9.43. The lowest BCUT2D eigenvalue weighted by Gasteiger charge is -2.20. The van der Waals surface area contributed by atoms with Gasteiger partial charge in [-0.3, -0.25) is 4.79 Å². The van der Waals surface area contributed by atoms with Crippen molar-refractivity contribution < 1.29 is 14.1 Å². The molecule has 0 saturated heterocycles. The van der Waals surface area contributed by atoms with Crippen LogP contribution >= 0.6 is 11.3 Å². The van der Waals surface area contributed by atoms with Gasteiger partial charge in [-0.15, -0.1) is 11.3 Å². The maximum absolute atomic E-state index is 13.2. The van der Waals surface area contributed by atoms with Gasteiger partial charge in [-0.05, 0) is 29.1 Å². The van der Waals surface area contributed by atoms with Crippen LogP contribution in [0.2, 0.25) is 0 Å². The molecule has 1 heterocycles. The fraction of sp³-hybridized carbons (Fsp3) is 0.190. The zero-order valence-corrected chi connectivity index (χ0v) is 15.4. The highest BCUT2D eigenvalue weighted by Gasteiger charge is 2.20. The van der Waals surface area contributed by atoms with Gasteiger partial charge in [0.1, 0.15) is 12.4 Å². The third-order valence-corrected chi connectivity index (χ3v) is 5.08. The fourth-order valence-electron chi connectivity index (χ4n) is 2.92. The standard InChI is InChI=1S/C21H21FN2OS/c1-24(14-16-6-3-2-4-7-16)15-20(25)23-21(19-8-5-13-26-19)17-9-11-18(22)12-10-17/h2-13,21H,14-15H2,1H3,(H,23,25)/p+1/t21-/m1/s1. The molecule has 1 amide bonds. The normalized spacial score (nSPS) is 13.2. The van der Waals surface area contributed by atoms with Gasteiger partial charge in [0.05, 0.1) is 13.1 Å². The fourth-order valence-corrected chi connectivity index (χ4v) is 3.72. The van der Waals surface area contributed by atoms with Crippen molar-refractivity contribution in [2.75, 3.05) is 13.6 Å². The zero-order chi connectivity index (χ0) is 18.4. The Morgan fingerprint density at radius 1 is 1.08 bits per heavy atom. The molecule has 1 unspecified atom stereocenters. The summed E-state index contributed by atoms with van der Waals surface area (Å²) >= 11 is 1.58. The number of amides is 1. The number of quaternary nitrogens is 1. The van der Waals surface area contributed by atoms with Crippen molar-refractivity contribution in [1.82, 2.24) is 5.32 Å². The van der Waals surface area contributed by atoms with E-state index < -0.39 is 0 Å². The van der Waals surface area contributed by atoms with Gasteiger partial charge in [0, 0.05) is 10.4 Å². The summed E-state index contributed by atoms with van der Waals surface area (Å²) in [6.45, 7) is 1.16. The first kappa shape index (κ1) is 18.3. The van der Waals surface area contributed by atoms with Crippen molar-refractivity contribution in [3.05, 3.63) is 93.9 Å². The highest BCUT2D eigenvalue weighted by atomic mass is 32.1. The van der Waals surface area contributed by atoms with Crippen molar-refractivity contribution in [3.8, 4) is 0 Å². The molecule has 3 aromatic rings. The highest BCUT2D eigenvalue weighted by Crippen LogP contribution is 2.26. The molecular weight excluding hydrogens is 347 g/mol. The number of thiophene rings is 1. The second kappa shape index (κ2) is 8.74. The highest BCUT2D eigenvalue weighted by molar-refractivity contribution is 7.10. The van der Waals surface area contributed by atoms with Crippen molar-refractivity contribution in [2.45, 2.75) is 12.6 Å². The summed E-state index contributed by atoms with van der Waals surface area (Å²) in [7, 11) is 2.00. The van der Waals surface area contributed by atoms with Crippen molar-refractivity contribution in [2.24, 2.45) is 0 Å². The van der Waals surface area contributed by atoms with Crippen LogP contribution in [0.5, 0.6) is 0 Å². The summed E-state index contributed by atoms with van der Waals surface area (Å²) in [5.41, 5.74) is 2.08. The van der Waals surface area contributed by atoms with E-state index in [1.807, 2.05) is 42.8 Å². The molecule has 1 aromatic heterocycles. The van der Waals surface area contributed by atoms with E-state index in [9.17, 15) is 9.18 Å². The van der Waals surface area contributed by atoms with Crippen molar-refractivity contribution in [3.63, 3.8) is 0 Å². The molecule has 5 heteroatoms. The summed E-state index contributed by atoms with van der Waals surface area (Å²) < 4.78 is 13.2. The van der Waals surface area contributed by atoms with Crippen LogP contribution in [-0.4, -0.2) is 19.5 Å². The Hall–Kier alpha value is -2.50. The molecule has 2 N–H and O–H groups in total. The summed E-state index contributed by atoms with van der Waals surface area (Å²) in [5.74, 6) is -0.307. The Labute approximate surface area is 157 Å². The molecule has 0 saturated carbocycles. The Morgan fingerprint density at radius 3 is 2.46 bits per heavy atom. The third-order valence-electron chi connectivity index (χ3n) is 4.15. The number of carbonyl (C=O) groups excluding carboxylic acids is 1. The van der Waals surface area contributed by atoms with E-state index >= 15 is 0 Å². The van der Waals surface area contributed by atoms with Crippen LogP contribution in [0.3, 0.4) is 0 Å². The van der Waals surface area contributed by atoms with Crippen molar-refractivity contribution >= 4 is 17.2 Å². The van der Waals surface area contributed by atoms with Crippen LogP contribution in [0.1, 0.15) is 22.0 Å². The summed E-state index contributed by atoms with van der Waals surface area (Å²) in [4.78, 5) is 14.7. The molecule has 2 aromatic carbocycles. The quantitative estimate of drug-likeness (QED) is 0.660. The van der Waals surface area contributed by atoms with E-state index in [-0.39, 0.29) is 17.8 Å². The molecule has 0 aliphatic rings. The lowest BCUT2D eigenvalue weighted by Crippen LogP contribution is -3.08. The van der Waals surface area contributed by atoms with Crippen molar-refractivity contribution in [1.29, 1.82) is 0 Å². The van der Waals surface area contributed by atoms with Crippen LogP contribution in [0.25, 0.3) is 0 Å². The molecule has 0 aliphatic heterocycles. The maximum atomic E-state index is 13.2. The topological polar surface area (TPSA) is 33.5 Å². The average molecular weight is 369 g/mol. The van der Waals surface area contributed by atoms with E-state index in [1.54, 1.807) is 23.5 Å². The number of benzene rings is 2. The lowest BCUT2D eigenvalue weighted by molar-refractivity contribution is -0.885. The lowest BCUT2D eigenvalue weighted by atomic mass is 10.1. The smallest absolute Gasteiger partial charge is 0.275 e. The van der Waals surface area contributed by atoms with E-state index in [1.165, 1.54) is 17.7 Å². The Kier molecular flexibility index (Phi) is 6.15. The van der Waals surface area contributed by atoms with Gasteiger partial charge in [0.25, 0.3) is 5.91 Å². The van der Waals surface area contributed by atoms with Gasteiger partial charge in [-0.25, -0.2) is 4.39 Å². The van der Waals surface area contributed by atoms with Gasteiger partial charge in [0.2, 0.25) is 0 Å². The molecular formula is C21H22FN2OS+. The second-order valence-electron chi connectivity index (χ2n) is 6.36. The minimum Gasteiger partial charge on any atom is -0.339 e. The van der Waals surface area contributed by atoms with Crippen LogP contribution in [0, 0.1) is 5.82 Å². The van der Waals surface area contributed by atoms with Gasteiger partial charge < -0.3 is 10.2 Å². The van der Waals surface area contributed by atoms with Gasteiger partial charge in [-0.2, -0.15) is 0 Å². The number of halogens is 1. The van der Waals surface area contributed by atoms with Crippen LogP contribution in [-0.2, 0) is 11.3 Å². The van der Waals surface area contributed by atoms with Gasteiger partial charge in [0.15, 0.2) is 6.54 Å². The summed E-state index contributed by atoms with van der Waals surface area (Å²) in [6.07, 6.45) is 0. The summed E-state index contributed by atoms with van der Waals surface area (Å²) in [5, 5.41) is 5.08. The van der Waals surface area contributed by atoms with E-state index in [4.69, 9.17) is 0 Å². The average Bonchev–Trinajstić information content (AvgIpc) is 3.15. The number of hydrogen-bond donors (Lipinski definition) is 2. The molecule has 0 bridgehead atoms. The SMILES string of the molecule is C[NH+](CC(=O)N[C@H](c1ccc(F)cc1)c1cccs1)Cc1ccccc1. The largest absolute Gasteiger partial charge is 0.339 e. The molecule has 134 valence electrons. The minimum atomic E-state index is -0.281. The van der Waals surface area contributed by atoms with Crippen LogP contribution in [0.15, 0.2) is 72.1 Å². The Balaban J connectivity index is 1.66. The minimum absolute atomic E-state index is 0.0267. The maximum Gasteiger partial charge on any atom is 0.275 e. The van der Waals surface area contributed by atoms with Gasteiger partial charge in [-0.1, -0.05) is 48.5 Å². The Bertz CT molecular complexity index is 819. The molecule has 2 atom stereocenters. The summed E-state index contributed by atoms with van der Waals surface area (Å²) in [6, 6.07) is 20.1. The molecule has 0 aliphatic carbocycles. The Morgan fingerprint density at radius 2 is 1.81 bits per heavy atom. The number of nitrogens with one attached hydrogen (secondary N) is 2. The van der Waals surface area contributed by atoms with E-state index in [0.29, 0.717) is 6.54 Å². The second-order valence-corrected chi connectivity index (χ2v) is 7.34. The third kappa shape index (κ3) is 5.00. The molecule has 0 fully saturated rings. The van der Waals surface area contributed by atoms with Crippen LogP contribution < -0.4 is 10.2 Å².